The molecule has 0 atom stereocenters. The van der Waals surface area contributed by atoms with Gasteiger partial charge in [0.2, 0.25) is 0 Å². The van der Waals surface area contributed by atoms with E-state index in [4.69, 9.17) is 0 Å². The number of hydrogen-bond donors (Lipinski definition) is 2. The summed E-state index contributed by atoms with van der Waals surface area (Å²) in [6.07, 6.45) is 4.27. The standard InChI is InChI=1S/C15H28N4S/c1-6-16-14(17-9-7-8-15(3,4)5)19-11-13-18-10-12(2)20-13/h10H,6-9,11H2,1-5H3,(H2,16,17,19). The van der Waals surface area contributed by atoms with E-state index in [1.54, 1.807) is 11.3 Å². The van der Waals surface area contributed by atoms with Gasteiger partial charge in [0, 0.05) is 24.2 Å². The van der Waals surface area contributed by atoms with Crippen molar-refractivity contribution in [3.05, 3.63) is 16.1 Å². The lowest BCUT2D eigenvalue weighted by Gasteiger charge is -2.18. The lowest BCUT2D eigenvalue weighted by Crippen LogP contribution is -2.38. The summed E-state index contributed by atoms with van der Waals surface area (Å²) in [5.74, 6) is 0.884. The molecular formula is C15H28N4S. The number of thiazole rings is 1. The molecule has 0 amide bonds. The van der Waals surface area contributed by atoms with E-state index in [9.17, 15) is 0 Å². The number of nitrogens with one attached hydrogen (secondary N) is 2. The maximum absolute atomic E-state index is 4.57. The molecule has 4 nitrogen and oxygen atoms in total. The first-order valence-electron chi connectivity index (χ1n) is 7.34. The minimum absolute atomic E-state index is 0.398. The summed E-state index contributed by atoms with van der Waals surface area (Å²) in [4.78, 5) is 10.1. The maximum atomic E-state index is 4.57. The Bertz CT molecular complexity index is 418. The average Bonchev–Trinajstić information content (AvgIpc) is 2.76. The summed E-state index contributed by atoms with van der Waals surface area (Å²) < 4.78 is 0. The van der Waals surface area contributed by atoms with E-state index in [0.717, 1.165) is 30.5 Å². The van der Waals surface area contributed by atoms with Crippen molar-refractivity contribution >= 4 is 17.3 Å². The Morgan fingerprint density at radius 1 is 1.35 bits per heavy atom. The monoisotopic (exact) mass is 296 g/mol. The maximum Gasteiger partial charge on any atom is 0.191 e. The fraction of sp³-hybridized carbons (Fsp3) is 0.733. The van der Waals surface area contributed by atoms with Crippen molar-refractivity contribution in [1.82, 2.24) is 15.6 Å². The van der Waals surface area contributed by atoms with Crippen LogP contribution in [-0.4, -0.2) is 24.0 Å². The molecule has 20 heavy (non-hydrogen) atoms. The number of hydrogen-bond acceptors (Lipinski definition) is 3. The lowest BCUT2D eigenvalue weighted by molar-refractivity contribution is 0.365. The van der Waals surface area contributed by atoms with Crippen LogP contribution in [0.2, 0.25) is 0 Å². The van der Waals surface area contributed by atoms with Crippen LogP contribution in [-0.2, 0) is 6.54 Å². The average molecular weight is 296 g/mol. The van der Waals surface area contributed by atoms with Crippen molar-refractivity contribution in [3.8, 4) is 0 Å². The predicted molar refractivity (Wildman–Crippen MR) is 88.4 cm³/mol. The molecule has 114 valence electrons. The van der Waals surface area contributed by atoms with Crippen LogP contribution in [0.4, 0.5) is 0 Å². The molecule has 0 bridgehead atoms. The van der Waals surface area contributed by atoms with Crippen molar-refractivity contribution in [2.75, 3.05) is 13.1 Å². The van der Waals surface area contributed by atoms with Crippen molar-refractivity contribution in [2.45, 2.75) is 54.0 Å². The second-order valence-corrected chi connectivity index (χ2v) is 7.47. The van der Waals surface area contributed by atoms with E-state index < -0.39 is 0 Å². The molecule has 0 aliphatic carbocycles. The molecule has 1 aromatic heterocycles. The molecule has 0 aliphatic rings. The SMILES string of the molecule is CCNC(=NCc1ncc(C)s1)NCCCC(C)(C)C. The number of aromatic nitrogens is 1. The third-order valence-electron chi connectivity index (χ3n) is 2.78. The summed E-state index contributed by atoms with van der Waals surface area (Å²) >= 11 is 1.71. The van der Waals surface area contributed by atoms with Gasteiger partial charge < -0.3 is 10.6 Å². The van der Waals surface area contributed by atoms with Gasteiger partial charge in [-0.05, 0) is 32.1 Å². The molecule has 0 saturated heterocycles. The Kier molecular flexibility index (Phi) is 6.99. The summed E-state index contributed by atoms with van der Waals surface area (Å²) in [5, 5.41) is 7.72. The lowest BCUT2D eigenvalue weighted by atomic mass is 9.91. The second-order valence-electron chi connectivity index (χ2n) is 6.15. The third-order valence-corrected chi connectivity index (χ3v) is 3.68. The van der Waals surface area contributed by atoms with Gasteiger partial charge in [-0.2, -0.15) is 0 Å². The van der Waals surface area contributed by atoms with Crippen molar-refractivity contribution in [3.63, 3.8) is 0 Å². The normalized spacial score (nSPS) is 12.6. The smallest absolute Gasteiger partial charge is 0.191 e. The highest BCUT2D eigenvalue weighted by Gasteiger charge is 2.09. The Morgan fingerprint density at radius 3 is 2.65 bits per heavy atom. The molecule has 0 spiro atoms. The topological polar surface area (TPSA) is 49.3 Å². The van der Waals surface area contributed by atoms with Crippen LogP contribution >= 0.6 is 11.3 Å². The van der Waals surface area contributed by atoms with Crippen LogP contribution in [0.5, 0.6) is 0 Å². The van der Waals surface area contributed by atoms with Gasteiger partial charge in [0.1, 0.15) is 5.01 Å². The molecule has 1 aromatic rings. The largest absolute Gasteiger partial charge is 0.357 e. The van der Waals surface area contributed by atoms with E-state index in [1.807, 2.05) is 6.20 Å². The van der Waals surface area contributed by atoms with Gasteiger partial charge in [0.05, 0.1) is 6.54 Å². The highest BCUT2D eigenvalue weighted by Crippen LogP contribution is 2.19. The molecule has 5 heteroatoms. The number of guanidine groups is 1. The van der Waals surface area contributed by atoms with Gasteiger partial charge in [-0.15, -0.1) is 11.3 Å². The zero-order valence-corrected chi connectivity index (χ0v) is 14.2. The first kappa shape index (κ1) is 17.0. The van der Waals surface area contributed by atoms with Crippen LogP contribution in [0.1, 0.15) is 50.4 Å². The number of aryl methyl sites for hydroxylation is 1. The molecule has 0 fully saturated rings. The molecule has 1 heterocycles. The van der Waals surface area contributed by atoms with Crippen LogP contribution in [0.25, 0.3) is 0 Å². The van der Waals surface area contributed by atoms with Crippen molar-refractivity contribution in [1.29, 1.82) is 0 Å². The molecule has 1 rings (SSSR count). The fourth-order valence-electron chi connectivity index (χ4n) is 1.79. The minimum Gasteiger partial charge on any atom is -0.357 e. The molecule has 0 saturated carbocycles. The number of aliphatic imine (C=N–C) groups is 1. The Balaban J connectivity index is 2.39. The van der Waals surface area contributed by atoms with Crippen molar-refractivity contribution < 1.29 is 0 Å². The molecule has 2 N–H and O–H groups in total. The third kappa shape index (κ3) is 7.48. The highest BCUT2D eigenvalue weighted by atomic mass is 32.1. The van der Waals surface area contributed by atoms with E-state index in [-0.39, 0.29) is 0 Å². The van der Waals surface area contributed by atoms with E-state index in [1.165, 1.54) is 11.3 Å². The second kappa shape index (κ2) is 8.25. The first-order valence-corrected chi connectivity index (χ1v) is 8.16. The zero-order chi connectivity index (χ0) is 15.0. The Hall–Kier alpha value is -1.10. The summed E-state index contributed by atoms with van der Waals surface area (Å²) in [7, 11) is 0. The van der Waals surface area contributed by atoms with Gasteiger partial charge in [-0.1, -0.05) is 20.8 Å². The molecular weight excluding hydrogens is 268 g/mol. The summed E-state index contributed by atoms with van der Waals surface area (Å²) in [6, 6.07) is 0. The summed E-state index contributed by atoms with van der Waals surface area (Å²) in [6.45, 7) is 13.5. The van der Waals surface area contributed by atoms with E-state index in [2.05, 4.69) is 55.2 Å². The van der Waals surface area contributed by atoms with Gasteiger partial charge in [-0.3, -0.25) is 0 Å². The molecule has 0 unspecified atom stereocenters. The van der Waals surface area contributed by atoms with E-state index in [0.29, 0.717) is 12.0 Å². The van der Waals surface area contributed by atoms with Crippen LogP contribution in [0.3, 0.4) is 0 Å². The molecule has 0 radical (unpaired) electrons. The minimum atomic E-state index is 0.398. The predicted octanol–water partition coefficient (Wildman–Crippen LogP) is 3.33. The summed E-state index contributed by atoms with van der Waals surface area (Å²) in [5.41, 5.74) is 0.398. The Morgan fingerprint density at radius 2 is 2.10 bits per heavy atom. The Labute approximate surface area is 127 Å². The fourth-order valence-corrected chi connectivity index (χ4v) is 2.50. The number of rotatable bonds is 6. The van der Waals surface area contributed by atoms with E-state index >= 15 is 0 Å². The molecule has 0 aliphatic heterocycles. The van der Waals surface area contributed by atoms with Crippen LogP contribution in [0.15, 0.2) is 11.2 Å². The van der Waals surface area contributed by atoms with Gasteiger partial charge in [0.15, 0.2) is 5.96 Å². The van der Waals surface area contributed by atoms with Crippen LogP contribution in [0, 0.1) is 12.3 Å². The zero-order valence-electron chi connectivity index (χ0n) is 13.4. The molecule has 0 aromatic carbocycles. The quantitative estimate of drug-likeness (QED) is 0.481. The highest BCUT2D eigenvalue weighted by molar-refractivity contribution is 7.11. The first-order chi connectivity index (χ1) is 9.40. The van der Waals surface area contributed by atoms with Gasteiger partial charge in [-0.25, -0.2) is 9.98 Å². The van der Waals surface area contributed by atoms with Gasteiger partial charge in [0.25, 0.3) is 0 Å². The van der Waals surface area contributed by atoms with Crippen molar-refractivity contribution in [2.24, 2.45) is 10.4 Å². The van der Waals surface area contributed by atoms with Crippen LogP contribution < -0.4 is 10.6 Å². The number of nitrogens with zero attached hydrogens (tertiary/aromatic N) is 2. The van der Waals surface area contributed by atoms with Gasteiger partial charge >= 0.3 is 0 Å².